The van der Waals surface area contributed by atoms with Gasteiger partial charge in [-0.3, -0.25) is 9.29 Å². The van der Waals surface area contributed by atoms with Crippen LogP contribution in [0.3, 0.4) is 0 Å². The van der Waals surface area contributed by atoms with Crippen LogP contribution in [0, 0.1) is 0 Å². The van der Waals surface area contributed by atoms with Crippen molar-refractivity contribution >= 4 is 49.8 Å². The molecule has 0 aliphatic rings. The van der Waals surface area contributed by atoms with Crippen molar-refractivity contribution in [1.29, 1.82) is 0 Å². The second kappa shape index (κ2) is 10.7. The van der Waals surface area contributed by atoms with Crippen molar-refractivity contribution in [3.8, 4) is 0 Å². The molecule has 0 unspecified atom stereocenters. The van der Waals surface area contributed by atoms with Crippen LogP contribution in [0.2, 0.25) is 5.02 Å². The number of nitrogens with one attached hydrogen (secondary N) is 1. The van der Waals surface area contributed by atoms with Crippen LogP contribution >= 0.6 is 11.6 Å². The molecule has 0 saturated carbocycles. The summed E-state index contributed by atoms with van der Waals surface area (Å²) >= 11 is 5.93. The van der Waals surface area contributed by atoms with E-state index in [0.29, 0.717) is 28.3 Å². The Bertz CT molecular complexity index is 1400. The predicted octanol–water partition coefficient (Wildman–Crippen LogP) is 5.20. The number of aromatic nitrogens is 1. The number of rotatable bonds is 9. The topological polar surface area (TPSA) is 82.5 Å². The van der Waals surface area contributed by atoms with Crippen molar-refractivity contribution in [2.45, 2.75) is 4.90 Å². The van der Waals surface area contributed by atoms with Gasteiger partial charge in [0.15, 0.2) is 0 Å². The van der Waals surface area contributed by atoms with Gasteiger partial charge < -0.3 is 10.4 Å². The zero-order chi connectivity index (χ0) is 24.0. The summed E-state index contributed by atoms with van der Waals surface area (Å²) in [4.78, 5) is 4.25. The molecule has 34 heavy (non-hydrogen) atoms. The maximum absolute atomic E-state index is 13.8. The minimum atomic E-state index is -3.97. The van der Waals surface area contributed by atoms with E-state index in [2.05, 4.69) is 10.3 Å². The van der Waals surface area contributed by atoms with Gasteiger partial charge >= 0.3 is 0 Å². The van der Waals surface area contributed by atoms with E-state index in [1.165, 1.54) is 4.31 Å². The standard InChI is InChI=1S/C26H24ClN3O3S/c27-22-12-10-20(11-13-22)5-4-15-29-24-7-1-2-8-25(24)30(17-18-31)34(32,33)26-9-3-6-21-19-28-16-14-23(21)26/h1-14,16,19,29,31H,15,17-18H2/b5-4+. The Hall–Kier alpha value is -3.39. The Morgan fingerprint density at radius 1 is 1.00 bits per heavy atom. The number of anilines is 2. The second-order valence-electron chi connectivity index (χ2n) is 7.51. The molecule has 6 nitrogen and oxygen atoms in total. The summed E-state index contributed by atoms with van der Waals surface area (Å²) in [6, 6.07) is 21.4. The maximum Gasteiger partial charge on any atom is 0.265 e. The van der Waals surface area contributed by atoms with E-state index in [1.807, 2.05) is 54.6 Å². The van der Waals surface area contributed by atoms with Crippen molar-refractivity contribution in [3.63, 3.8) is 0 Å². The Balaban J connectivity index is 1.64. The number of para-hydroxylation sites is 2. The lowest BCUT2D eigenvalue weighted by molar-refractivity contribution is 0.306. The summed E-state index contributed by atoms with van der Waals surface area (Å²) in [6.07, 6.45) is 7.11. The van der Waals surface area contributed by atoms with Gasteiger partial charge in [-0.15, -0.1) is 0 Å². The summed E-state index contributed by atoms with van der Waals surface area (Å²) in [5.74, 6) is 0. The fraction of sp³-hybridized carbons (Fsp3) is 0.115. The van der Waals surface area contributed by atoms with Crippen molar-refractivity contribution in [2.75, 3.05) is 29.3 Å². The summed E-state index contributed by atoms with van der Waals surface area (Å²) < 4.78 is 28.8. The highest BCUT2D eigenvalue weighted by Crippen LogP contribution is 2.33. The summed E-state index contributed by atoms with van der Waals surface area (Å²) in [5, 5.41) is 15.0. The predicted molar refractivity (Wildman–Crippen MR) is 139 cm³/mol. The first-order valence-electron chi connectivity index (χ1n) is 10.7. The molecule has 0 amide bonds. The van der Waals surface area contributed by atoms with E-state index in [-0.39, 0.29) is 18.0 Å². The van der Waals surface area contributed by atoms with Gasteiger partial charge in [0.05, 0.1) is 29.4 Å². The van der Waals surface area contributed by atoms with Crippen LogP contribution in [0.1, 0.15) is 5.56 Å². The molecule has 3 aromatic carbocycles. The van der Waals surface area contributed by atoms with E-state index in [9.17, 15) is 13.5 Å². The molecule has 0 aliphatic heterocycles. The highest BCUT2D eigenvalue weighted by molar-refractivity contribution is 7.93. The van der Waals surface area contributed by atoms with Crippen LogP contribution in [0.4, 0.5) is 11.4 Å². The number of halogens is 1. The molecule has 174 valence electrons. The fourth-order valence-electron chi connectivity index (χ4n) is 3.68. The lowest BCUT2D eigenvalue weighted by atomic mass is 10.2. The van der Waals surface area contributed by atoms with Crippen LogP contribution in [-0.4, -0.2) is 38.2 Å². The van der Waals surface area contributed by atoms with Gasteiger partial charge in [0, 0.05) is 34.7 Å². The molecule has 4 aromatic rings. The van der Waals surface area contributed by atoms with Crippen molar-refractivity contribution < 1.29 is 13.5 Å². The van der Waals surface area contributed by atoms with Gasteiger partial charge in [-0.2, -0.15) is 0 Å². The van der Waals surface area contributed by atoms with Crippen molar-refractivity contribution in [3.05, 3.63) is 102 Å². The number of nitrogens with zero attached hydrogens (tertiary/aromatic N) is 2. The van der Waals surface area contributed by atoms with Crippen LogP contribution in [0.15, 0.2) is 96.2 Å². The summed E-state index contributed by atoms with van der Waals surface area (Å²) in [5.41, 5.74) is 2.11. The number of hydrogen-bond donors (Lipinski definition) is 2. The average molecular weight is 494 g/mol. The summed E-state index contributed by atoms with van der Waals surface area (Å²) in [7, 11) is -3.97. The molecule has 1 heterocycles. The highest BCUT2D eigenvalue weighted by Gasteiger charge is 2.28. The molecule has 0 bridgehead atoms. The van der Waals surface area contributed by atoms with E-state index < -0.39 is 10.0 Å². The van der Waals surface area contributed by atoms with Crippen LogP contribution < -0.4 is 9.62 Å². The van der Waals surface area contributed by atoms with Gasteiger partial charge in [-0.1, -0.05) is 60.2 Å². The SMILES string of the molecule is O=S(=O)(c1cccc2cnccc12)N(CCO)c1ccccc1NC/C=C/c1ccc(Cl)cc1. The van der Waals surface area contributed by atoms with Gasteiger partial charge in [0.2, 0.25) is 0 Å². The Morgan fingerprint density at radius 3 is 2.59 bits per heavy atom. The van der Waals surface area contributed by atoms with E-state index in [4.69, 9.17) is 11.6 Å². The highest BCUT2D eigenvalue weighted by atomic mass is 35.5. The number of hydrogen-bond acceptors (Lipinski definition) is 5. The number of benzene rings is 3. The van der Waals surface area contributed by atoms with Crippen molar-refractivity contribution in [1.82, 2.24) is 4.98 Å². The number of pyridine rings is 1. The third-order valence-electron chi connectivity index (χ3n) is 5.28. The number of sulfonamides is 1. The normalized spacial score (nSPS) is 11.7. The first-order valence-corrected chi connectivity index (χ1v) is 12.5. The maximum atomic E-state index is 13.8. The second-order valence-corrected chi connectivity index (χ2v) is 9.77. The number of aliphatic hydroxyl groups excluding tert-OH is 1. The minimum absolute atomic E-state index is 0.0802. The molecule has 4 rings (SSSR count). The number of fused-ring (bicyclic) bond motifs is 1. The van der Waals surface area contributed by atoms with Gasteiger partial charge in [0.1, 0.15) is 0 Å². The molecule has 0 saturated heterocycles. The Kier molecular flexibility index (Phi) is 7.47. The van der Waals surface area contributed by atoms with E-state index >= 15 is 0 Å². The van der Waals surface area contributed by atoms with E-state index in [1.54, 1.807) is 42.7 Å². The quantitative estimate of drug-likeness (QED) is 0.335. The first kappa shape index (κ1) is 23.8. The molecule has 0 atom stereocenters. The smallest absolute Gasteiger partial charge is 0.265 e. The Morgan fingerprint density at radius 2 is 1.79 bits per heavy atom. The van der Waals surface area contributed by atoms with Crippen molar-refractivity contribution in [2.24, 2.45) is 0 Å². The molecular weight excluding hydrogens is 470 g/mol. The molecule has 0 spiro atoms. The minimum Gasteiger partial charge on any atom is -0.394 e. The zero-order valence-corrected chi connectivity index (χ0v) is 19.9. The average Bonchev–Trinajstić information content (AvgIpc) is 2.86. The molecule has 0 radical (unpaired) electrons. The molecule has 8 heteroatoms. The van der Waals surface area contributed by atoms with Crippen LogP contribution in [0.5, 0.6) is 0 Å². The van der Waals surface area contributed by atoms with Gasteiger partial charge in [0.25, 0.3) is 10.0 Å². The summed E-state index contributed by atoms with van der Waals surface area (Å²) in [6.45, 7) is 0.0755. The zero-order valence-electron chi connectivity index (χ0n) is 18.3. The molecule has 0 fully saturated rings. The molecule has 0 aliphatic carbocycles. The largest absolute Gasteiger partial charge is 0.394 e. The van der Waals surface area contributed by atoms with Crippen LogP contribution in [-0.2, 0) is 10.0 Å². The third-order valence-corrected chi connectivity index (χ3v) is 7.40. The van der Waals surface area contributed by atoms with E-state index in [0.717, 1.165) is 10.9 Å². The lowest BCUT2D eigenvalue weighted by Gasteiger charge is -2.26. The molecule has 1 aromatic heterocycles. The van der Waals surface area contributed by atoms with Crippen LogP contribution in [0.25, 0.3) is 16.8 Å². The third kappa shape index (κ3) is 5.22. The first-order chi connectivity index (χ1) is 16.5. The number of aliphatic hydroxyl groups is 1. The van der Waals surface area contributed by atoms with Gasteiger partial charge in [-0.05, 0) is 42.0 Å². The Labute approximate surface area is 204 Å². The monoisotopic (exact) mass is 493 g/mol. The molecular formula is C26H24ClN3O3S. The fourth-order valence-corrected chi connectivity index (χ4v) is 5.49. The lowest BCUT2D eigenvalue weighted by Crippen LogP contribution is -2.34. The van der Waals surface area contributed by atoms with Gasteiger partial charge in [-0.25, -0.2) is 8.42 Å². The molecule has 2 N–H and O–H groups in total.